The highest BCUT2D eigenvalue weighted by atomic mass is 79.9. The Kier molecular flexibility index (Phi) is 6.70. The van der Waals surface area contributed by atoms with E-state index >= 15 is 0 Å². The molecule has 2 N–H and O–H groups in total. The maximum atomic E-state index is 12.1. The van der Waals surface area contributed by atoms with Crippen LogP contribution < -0.4 is 14.8 Å². The lowest BCUT2D eigenvalue weighted by atomic mass is 10.1. The summed E-state index contributed by atoms with van der Waals surface area (Å²) < 4.78 is 11.3. The van der Waals surface area contributed by atoms with Crippen molar-refractivity contribution in [2.45, 2.75) is 38.5 Å². The lowest BCUT2D eigenvalue weighted by molar-refractivity contribution is -0.137. The quantitative estimate of drug-likeness (QED) is 0.636. The molecule has 7 heteroatoms. The Morgan fingerprint density at radius 3 is 2.65 bits per heavy atom. The van der Waals surface area contributed by atoms with Crippen molar-refractivity contribution in [3.05, 3.63) is 22.2 Å². The van der Waals surface area contributed by atoms with Crippen molar-refractivity contribution >= 4 is 27.8 Å². The lowest BCUT2D eigenvalue weighted by Gasteiger charge is -2.07. The maximum Gasteiger partial charge on any atom is 0.303 e. The first-order chi connectivity index (χ1) is 11.1. The average Bonchev–Trinajstić information content (AvgIpc) is 2.98. The summed E-state index contributed by atoms with van der Waals surface area (Å²) in [4.78, 5) is 22.5. The number of ether oxygens (including phenoxy) is 2. The number of hydrogen-bond acceptors (Lipinski definition) is 4. The van der Waals surface area contributed by atoms with E-state index in [9.17, 15) is 9.59 Å². The molecular formula is C16H20BrNO5. The number of carboxylic acids is 1. The molecule has 0 radical (unpaired) electrons. The molecule has 0 saturated carbocycles. The van der Waals surface area contributed by atoms with Gasteiger partial charge in [-0.1, -0.05) is 19.3 Å². The predicted molar refractivity (Wildman–Crippen MR) is 87.9 cm³/mol. The molecule has 0 aliphatic carbocycles. The lowest BCUT2D eigenvalue weighted by Crippen LogP contribution is -2.24. The molecule has 0 aromatic heterocycles. The van der Waals surface area contributed by atoms with Crippen molar-refractivity contribution in [3.8, 4) is 11.5 Å². The molecule has 1 amide bonds. The summed E-state index contributed by atoms with van der Waals surface area (Å²) in [6.45, 7) is 0.769. The molecule has 2 rings (SSSR count). The second kappa shape index (κ2) is 8.76. The summed E-state index contributed by atoms with van der Waals surface area (Å²) in [5, 5.41) is 11.4. The van der Waals surface area contributed by atoms with Crippen molar-refractivity contribution in [1.82, 2.24) is 5.32 Å². The number of amides is 1. The molecule has 126 valence electrons. The highest BCUT2D eigenvalue weighted by Gasteiger charge is 2.20. The van der Waals surface area contributed by atoms with Crippen LogP contribution in [0.5, 0.6) is 11.5 Å². The maximum absolute atomic E-state index is 12.1. The topological polar surface area (TPSA) is 84.9 Å². The molecule has 0 bridgehead atoms. The van der Waals surface area contributed by atoms with Gasteiger partial charge in [0.2, 0.25) is 6.79 Å². The number of carboxylic acid groups (broad SMARTS) is 1. The van der Waals surface area contributed by atoms with Crippen molar-refractivity contribution in [2.24, 2.45) is 0 Å². The van der Waals surface area contributed by atoms with Gasteiger partial charge >= 0.3 is 5.97 Å². The first kappa shape index (κ1) is 17.6. The van der Waals surface area contributed by atoms with Crippen LogP contribution in [0, 0.1) is 0 Å². The smallest absolute Gasteiger partial charge is 0.303 e. The van der Waals surface area contributed by atoms with E-state index in [-0.39, 0.29) is 19.1 Å². The van der Waals surface area contributed by atoms with Gasteiger partial charge in [0.15, 0.2) is 11.5 Å². The van der Waals surface area contributed by atoms with E-state index in [1.807, 2.05) is 0 Å². The minimum absolute atomic E-state index is 0.144. The minimum Gasteiger partial charge on any atom is -0.481 e. The molecule has 1 aromatic carbocycles. The second-order valence-corrected chi connectivity index (χ2v) is 6.21. The van der Waals surface area contributed by atoms with Gasteiger partial charge in [-0.25, -0.2) is 0 Å². The largest absolute Gasteiger partial charge is 0.481 e. The van der Waals surface area contributed by atoms with Crippen LogP contribution in [0.3, 0.4) is 0 Å². The SMILES string of the molecule is O=C(O)CCCCCCCNC(=O)c1cc(Br)c2c(c1)OCO2. The summed E-state index contributed by atoms with van der Waals surface area (Å²) in [7, 11) is 0. The minimum atomic E-state index is -0.743. The van der Waals surface area contributed by atoms with Crippen LogP contribution in [0.4, 0.5) is 0 Å². The van der Waals surface area contributed by atoms with Crippen molar-refractivity contribution in [2.75, 3.05) is 13.3 Å². The molecular weight excluding hydrogens is 366 g/mol. The summed E-state index contributed by atoms with van der Waals surface area (Å²) in [5.74, 6) is 0.313. The highest BCUT2D eigenvalue weighted by molar-refractivity contribution is 9.10. The van der Waals surface area contributed by atoms with E-state index in [4.69, 9.17) is 14.6 Å². The summed E-state index contributed by atoms with van der Waals surface area (Å²) in [6.07, 6.45) is 4.70. The Balaban J connectivity index is 1.66. The summed E-state index contributed by atoms with van der Waals surface area (Å²) in [5.41, 5.74) is 0.530. The van der Waals surface area contributed by atoms with Crippen molar-refractivity contribution in [3.63, 3.8) is 0 Å². The zero-order valence-electron chi connectivity index (χ0n) is 12.8. The molecule has 1 aromatic rings. The molecule has 0 saturated heterocycles. The van der Waals surface area contributed by atoms with Gasteiger partial charge in [0.05, 0.1) is 4.47 Å². The van der Waals surface area contributed by atoms with Crippen LogP contribution >= 0.6 is 15.9 Å². The number of benzene rings is 1. The Morgan fingerprint density at radius 1 is 1.13 bits per heavy atom. The van der Waals surface area contributed by atoms with Crippen LogP contribution in [0.1, 0.15) is 48.9 Å². The van der Waals surface area contributed by atoms with E-state index in [1.54, 1.807) is 12.1 Å². The van der Waals surface area contributed by atoms with Crippen LogP contribution in [-0.4, -0.2) is 30.3 Å². The molecule has 0 spiro atoms. The standard InChI is InChI=1S/C16H20BrNO5/c17-12-8-11(9-13-15(12)23-10-22-13)16(21)18-7-5-3-1-2-4-6-14(19)20/h8-9H,1-7,10H2,(H,18,21)(H,19,20). The first-order valence-electron chi connectivity index (χ1n) is 7.67. The van der Waals surface area contributed by atoms with E-state index in [0.717, 1.165) is 25.7 Å². The molecule has 23 heavy (non-hydrogen) atoms. The fourth-order valence-electron chi connectivity index (χ4n) is 2.33. The average molecular weight is 386 g/mol. The third kappa shape index (κ3) is 5.42. The number of hydrogen-bond donors (Lipinski definition) is 2. The molecule has 1 aliphatic heterocycles. The Bertz CT molecular complexity index is 576. The number of rotatable bonds is 9. The van der Waals surface area contributed by atoms with Crippen LogP contribution in [0.2, 0.25) is 0 Å². The van der Waals surface area contributed by atoms with Crippen molar-refractivity contribution in [1.29, 1.82) is 0 Å². The third-order valence-corrected chi connectivity index (χ3v) is 4.13. The third-order valence-electron chi connectivity index (χ3n) is 3.54. The Labute approximate surface area is 143 Å². The van der Waals surface area contributed by atoms with Gasteiger partial charge in [0.1, 0.15) is 0 Å². The molecule has 0 unspecified atom stereocenters. The van der Waals surface area contributed by atoms with E-state index in [2.05, 4.69) is 21.2 Å². The summed E-state index contributed by atoms with van der Waals surface area (Å²) >= 11 is 3.37. The van der Waals surface area contributed by atoms with Gasteiger partial charge in [-0.15, -0.1) is 0 Å². The zero-order chi connectivity index (χ0) is 16.7. The normalized spacial score (nSPS) is 12.2. The van der Waals surface area contributed by atoms with E-state index < -0.39 is 5.97 Å². The van der Waals surface area contributed by atoms with Gasteiger partial charge in [-0.3, -0.25) is 9.59 Å². The molecule has 1 heterocycles. The first-order valence-corrected chi connectivity index (χ1v) is 8.46. The van der Waals surface area contributed by atoms with Crippen molar-refractivity contribution < 1.29 is 24.2 Å². The number of nitrogens with one attached hydrogen (secondary N) is 1. The predicted octanol–water partition coefficient (Wildman–Crippen LogP) is 3.33. The van der Waals surface area contributed by atoms with Gasteiger partial charge < -0.3 is 19.9 Å². The van der Waals surface area contributed by atoms with Crippen LogP contribution in [0.15, 0.2) is 16.6 Å². The number of aliphatic carboxylic acids is 1. The highest BCUT2D eigenvalue weighted by Crippen LogP contribution is 2.39. The Morgan fingerprint density at radius 2 is 1.87 bits per heavy atom. The number of halogens is 1. The number of carbonyl (C=O) groups excluding carboxylic acids is 1. The monoisotopic (exact) mass is 385 g/mol. The Hall–Kier alpha value is -1.76. The van der Waals surface area contributed by atoms with Crippen LogP contribution in [0.25, 0.3) is 0 Å². The number of carbonyl (C=O) groups is 2. The van der Waals surface area contributed by atoms with Gasteiger partial charge in [-0.05, 0) is 40.9 Å². The van der Waals surface area contributed by atoms with Gasteiger partial charge in [0.25, 0.3) is 5.91 Å². The molecule has 1 aliphatic rings. The van der Waals surface area contributed by atoms with Gasteiger partial charge in [-0.2, -0.15) is 0 Å². The van der Waals surface area contributed by atoms with Crippen LogP contribution in [-0.2, 0) is 4.79 Å². The fourth-order valence-corrected chi connectivity index (χ4v) is 2.89. The van der Waals surface area contributed by atoms with E-state index in [1.165, 1.54) is 0 Å². The second-order valence-electron chi connectivity index (χ2n) is 5.36. The van der Waals surface area contributed by atoms with E-state index in [0.29, 0.717) is 34.5 Å². The fraction of sp³-hybridized carbons (Fsp3) is 0.500. The number of unbranched alkanes of at least 4 members (excludes halogenated alkanes) is 4. The molecule has 6 nitrogen and oxygen atoms in total. The summed E-state index contributed by atoms with van der Waals surface area (Å²) in [6, 6.07) is 3.39. The van der Waals surface area contributed by atoms with Gasteiger partial charge in [0, 0.05) is 18.5 Å². The number of fused-ring (bicyclic) bond motifs is 1. The zero-order valence-corrected chi connectivity index (χ0v) is 14.4. The molecule has 0 fully saturated rings. The molecule has 0 atom stereocenters.